The van der Waals surface area contributed by atoms with Crippen molar-refractivity contribution in [2.24, 2.45) is 0 Å². The maximum atomic E-state index is 13.3. The van der Waals surface area contributed by atoms with Crippen LogP contribution in [0.25, 0.3) is 0 Å². The van der Waals surface area contributed by atoms with Gasteiger partial charge in [0, 0.05) is 5.56 Å². The molecule has 0 aliphatic heterocycles. The van der Waals surface area contributed by atoms with Crippen molar-refractivity contribution in [2.75, 3.05) is 5.33 Å². The third kappa shape index (κ3) is 1.90. The Kier molecular flexibility index (Phi) is 3.49. The van der Waals surface area contributed by atoms with Crippen LogP contribution in [0.15, 0.2) is 0 Å². The minimum atomic E-state index is -1.83. The van der Waals surface area contributed by atoms with Crippen molar-refractivity contribution in [3.63, 3.8) is 0 Å². The second kappa shape index (κ2) is 4.30. The average Bonchev–Trinajstić information content (AvgIpc) is 2.23. The molecule has 0 spiro atoms. The summed E-state index contributed by atoms with van der Waals surface area (Å²) in [6.45, 7) is 0.929. The summed E-state index contributed by atoms with van der Waals surface area (Å²) in [5.74, 6) is -7.59. The van der Waals surface area contributed by atoms with Crippen LogP contribution in [-0.2, 0) is 0 Å². The fraction of sp³-hybridized carbons (Fsp3) is 0.222. The van der Waals surface area contributed by atoms with Gasteiger partial charge in [0.1, 0.15) is 5.82 Å². The lowest BCUT2D eigenvalue weighted by Crippen LogP contribution is -2.12. The molecule has 0 atom stereocenters. The fourth-order valence-corrected chi connectivity index (χ4v) is 1.34. The molecule has 0 fully saturated rings. The highest BCUT2D eigenvalue weighted by Gasteiger charge is 2.26. The Morgan fingerprint density at radius 3 is 2.07 bits per heavy atom. The van der Waals surface area contributed by atoms with Gasteiger partial charge in [0.15, 0.2) is 23.2 Å². The first-order valence-electron chi connectivity index (χ1n) is 3.83. The molecule has 82 valence electrons. The molecule has 0 N–H and O–H groups in total. The van der Waals surface area contributed by atoms with Crippen molar-refractivity contribution in [3.05, 3.63) is 34.4 Å². The van der Waals surface area contributed by atoms with E-state index in [0.29, 0.717) is 0 Å². The highest BCUT2D eigenvalue weighted by atomic mass is 79.9. The topological polar surface area (TPSA) is 17.1 Å². The van der Waals surface area contributed by atoms with Gasteiger partial charge in [-0.1, -0.05) is 15.9 Å². The lowest BCUT2D eigenvalue weighted by Gasteiger charge is -2.07. The number of rotatable bonds is 2. The SMILES string of the molecule is Cc1c(F)c(F)c(F)c(C(=O)CBr)c1F. The summed E-state index contributed by atoms with van der Waals surface area (Å²) in [4.78, 5) is 11.1. The first-order chi connectivity index (χ1) is 6.91. The van der Waals surface area contributed by atoms with Crippen LogP contribution in [0.1, 0.15) is 15.9 Å². The van der Waals surface area contributed by atoms with Crippen molar-refractivity contribution in [3.8, 4) is 0 Å². The quantitative estimate of drug-likeness (QED) is 0.268. The minimum Gasteiger partial charge on any atom is -0.293 e. The molecular formula is C9H5BrF4O. The monoisotopic (exact) mass is 284 g/mol. The molecule has 0 aliphatic carbocycles. The van der Waals surface area contributed by atoms with E-state index >= 15 is 0 Å². The highest BCUT2D eigenvalue weighted by Crippen LogP contribution is 2.24. The smallest absolute Gasteiger partial charge is 0.195 e. The molecule has 0 radical (unpaired) electrons. The first kappa shape index (κ1) is 12.2. The van der Waals surface area contributed by atoms with Crippen molar-refractivity contribution >= 4 is 21.7 Å². The zero-order chi connectivity index (χ0) is 11.7. The fourth-order valence-electron chi connectivity index (χ4n) is 1.06. The number of carbonyl (C=O) groups excluding carboxylic acids is 1. The van der Waals surface area contributed by atoms with E-state index in [2.05, 4.69) is 15.9 Å². The number of alkyl halides is 1. The largest absolute Gasteiger partial charge is 0.293 e. The Hall–Kier alpha value is -0.910. The van der Waals surface area contributed by atoms with Gasteiger partial charge in [0.05, 0.1) is 10.9 Å². The summed E-state index contributed by atoms with van der Waals surface area (Å²) in [6.07, 6.45) is 0. The third-order valence-electron chi connectivity index (χ3n) is 1.88. The molecule has 15 heavy (non-hydrogen) atoms. The lowest BCUT2D eigenvalue weighted by atomic mass is 10.1. The third-order valence-corrected chi connectivity index (χ3v) is 2.39. The van der Waals surface area contributed by atoms with E-state index in [0.717, 1.165) is 6.92 Å². The predicted molar refractivity (Wildman–Crippen MR) is 49.1 cm³/mol. The molecule has 1 aromatic carbocycles. The summed E-state index contributed by atoms with van der Waals surface area (Å²) in [5, 5.41) is -0.370. The maximum Gasteiger partial charge on any atom is 0.195 e. The van der Waals surface area contributed by atoms with Crippen LogP contribution in [-0.4, -0.2) is 11.1 Å². The van der Waals surface area contributed by atoms with Crippen molar-refractivity contribution in [1.29, 1.82) is 0 Å². The van der Waals surface area contributed by atoms with Crippen LogP contribution in [0.3, 0.4) is 0 Å². The van der Waals surface area contributed by atoms with Crippen LogP contribution in [0.2, 0.25) is 0 Å². The van der Waals surface area contributed by atoms with Crippen molar-refractivity contribution < 1.29 is 22.4 Å². The molecule has 1 nitrogen and oxygen atoms in total. The van der Waals surface area contributed by atoms with Gasteiger partial charge in [-0.25, -0.2) is 17.6 Å². The van der Waals surface area contributed by atoms with E-state index in [9.17, 15) is 22.4 Å². The molecular weight excluding hydrogens is 280 g/mol. The van der Waals surface area contributed by atoms with Crippen LogP contribution < -0.4 is 0 Å². The summed E-state index contributed by atoms with van der Waals surface area (Å²) < 4.78 is 52.0. The summed E-state index contributed by atoms with van der Waals surface area (Å²) in [6, 6.07) is 0. The summed E-state index contributed by atoms with van der Waals surface area (Å²) in [5.41, 5.74) is -1.76. The van der Waals surface area contributed by atoms with Crippen LogP contribution in [0, 0.1) is 30.2 Å². The number of hydrogen-bond donors (Lipinski definition) is 0. The van der Waals surface area contributed by atoms with Gasteiger partial charge < -0.3 is 0 Å². The number of Topliss-reactive ketones (excluding diaryl/α,β-unsaturated/α-hetero) is 1. The lowest BCUT2D eigenvalue weighted by molar-refractivity contribution is 0.101. The number of halogens is 5. The Labute approximate surface area is 91.2 Å². The maximum absolute atomic E-state index is 13.3. The van der Waals surface area contributed by atoms with E-state index in [4.69, 9.17) is 0 Å². The Morgan fingerprint density at radius 1 is 1.07 bits per heavy atom. The zero-order valence-electron chi connectivity index (χ0n) is 7.51. The van der Waals surface area contributed by atoms with E-state index < -0.39 is 40.2 Å². The molecule has 0 aromatic heterocycles. The molecule has 6 heteroatoms. The first-order valence-corrected chi connectivity index (χ1v) is 4.95. The summed E-state index contributed by atoms with van der Waals surface area (Å²) >= 11 is 2.69. The zero-order valence-corrected chi connectivity index (χ0v) is 9.09. The number of benzene rings is 1. The standard InChI is InChI=1S/C9H5BrF4O/c1-3-6(11)5(4(15)2-10)8(13)9(14)7(3)12/h2H2,1H3. The number of carbonyl (C=O) groups is 1. The Balaban J connectivity index is 3.60. The Morgan fingerprint density at radius 2 is 1.60 bits per heavy atom. The normalized spacial score (nSPS) is 10.5. The van der Waals surface area contributed by atoms with Gasteiger partial charge in [0.2, 0.25) is 0 Å². The molecule has 0 amide bonds. The molecule has 1 aromatic rings. The average molecular weight is 285 g/mol. The van der Waals surface area contributed by atoms with Crippen LogP contribution in [0.4, 0.5) is 17.6 Å². The molecule has 0 bridgehead atoms. The van der Waals surface area contributed by atoms with Gasteiger partial charge in [-0.15, -0.1) is 0 Å². The second-order valence-corrected chi connectivity index (χ2v) is 3.37. The number of hydrogen-bond acceptors (Lipinski definition) is 1. The van der Waals surface area contributed by atoms with Crippen LogP contribution >= 0.6 is 15.9 Å². The highest BCUT2D eigenvalue weighted by molar-refractivity contribution is 9.09. The molecule has 0 saturated carbocycles. The van der Waals surface area contributed by atoms with Gasteiger partial charge in [-0.3, -0.25) is 4.79 Å². The Bertz CT molecular complexity index is 402. The van der Waals surface area contributed by atoms with Crippen LogP contribution in [0.5, 0.6) is 0 Å². The predicted octanol–water partition coefficient (Wildman–Crippen LogP) is 3.13. The second-order valence-electron chi connectivity index (χ2n) is 2.81. The minimum absolute atomic E-state index is 0.370. The van der Waals surface area contributed by atoms with Crippen molar-refractivity contribution in [2.45, 2.75) is 6.92 Å². The summed E-state index contributed by atoms with van der Waals surface area (Å²) in [7, 11) is 0. The van der Waals surface area contributed by atoms with E-state index in [-0.39, 0.29) is 5.33 Å². The molecule has 1 rings (SSSR count). The molecule has 0 heterocycles. The van der Waals surface area contributed by atoms with E-state index in [1.807, 2.05) is 0 Å². The van der Waals surface area contributed by atoms with Gasteiger partial charge in [-0.2, -0.15) is 0 Å². The van der Waals surface area contributed by atoms with E-state index in [1.165, 1.54) is 0 Å². The molecule has 0 aliphatic rings. The van der Waals surface area contributed by atoms with Crippen molar-refractivity contribution in [1.82, 2.24) is 0 Å². The number of ketones is 1. The molecule has 0 saturated heterocycles. The van der Waals surface area contributed by atoms with Gasteiger partial charge in [-0.05, 0) is 6.92 Å². The molecule has 0 unspecified atom stereocenters. The van der Waals surface area contributed by atoms with E-state index in [1.54, 1.807) is 0 Å². The van der Waals surface area contributed by atoms with Gasteiger partial charge >= 0.3 is 0 Å². The van der Waals surface area contributed by atoms with Gasteiger partial charge in [0.25, 0.3) is 0 Å².